The highest BCUT2D eigenvalue weighted by Gasteiger charge is 2.63. The van der Waals surface area contributed by atoms with Crippen LogP contribution in [0.25, 0.3) is 0 Å². The molecule has 0 radical (unpaired) electrons. The molecule has 0 aromatic heterocycles. The van der Waals surface area contributed by atoms with Gasteiger partial charge in [-0.15, -0.1) is 0 Å². The van der Waals surface area contributed by atoms with Crippen molar-refractivity contribution in [2.24, 2.45) is 29.6 Å². The molecule has 0 amide bonds. The lowest BCUT2D eigenvalue weighted by molar-refractivity contribution is -0.181. The quantitative estimate of drug-likeness (QED) is 0.0276. The van der Waals surface area contributed by atoms with E-state index in [4.69, 9.17) is 23.7 Å². The first kappa shape index (κ1) is 58.8. The monoisotopic (exact) mass is 937 g/mol. The lowest BCUT2D eigenvalue weighted by Crippen LogP contribution is -2.60. The zero-order valence-corrected chi connectivity index (χ0v) is 41.6. The minimum absolute atomic E-state index is 0.0417. The van der Waals surface area contributed by atoms with Gasteiger partial charge in [0.1, 0.15) is 48.7 Å². The molecule has 2 rings (SSSR count). The summed E-state index contributed by atoms with van der Waals surface area (Å²) in [6, 6.07) is 0. The van der Waals surface area contributed by atoms with Gasteiger partial charge >= 0.3 is 17.9 Å². The van der Waals surface area contributed by atoms with E-state index in [2.05, 4.69) is 6.92 Å². The summed E-state index contributed by atoms with van der Waals surface area (Å²) in [6.07, 6.45) is 10.4. The molecule has 0 aromatic rings. The molecular weight excluding hydrogens is 853 g/mol. The molecule has 13 atom stereocenters. The van der Waals surface area contributed by atoms with E-state index < -0.39 is 126 Å². The number of hydrogen-bond acceptors (Lipinski definition) is 15. The molecule has 2 aliphatic rings. The number of methoxy groups -OCH3 is 1. The second kappa shape index (κ2) is 28.9. The van der Waals surface area contributed by atoms with Crippen molar-refractivity contribution in [3.63, 3.8) is 0 Å². The Balaban J connectivity index is 2.43. The second-order valence-corrected chi connectivity index (χ2v) is 19.1. The van der Waals surface area contributed by atoms with Gasteiger partial charge in [-0.1, -0.05) is 136 Å². The number of aliphatic hydroxyl groups excluding tert-OH is 3. The smallest absolute Gasteiger partial charge is 0.337 e. The summed E-state index contributed by atoms with van der Waals surface area (Å²) >= 11 is 0. The lowest BCUT2D eigenvalue weighted by Gasteiger charge is -2.36. The Morgan fingerprint density at radius 1 is 0.909 bits per heavy atom. The highest BCUT2D eigenvalue weighted by atomic mass is 16.6. The first-order valence-corrected chi connectivity index (χ1v) is 24.5. The molecule has 4 N–H and O–H groups in total. The van der Waals surface area contributed by atoms with E-state index in [0.29, 0.717) is 6.42 Å². The predicted octanol–water partition coefficient (Wildman–Crippen LogP) is 6.66. The van der Waals surface area contributed by atoms with Crippen LogP contribution in [0.15, 0.2) is 23.8 Å². The first-order valence-electron chi connectivity index (χ1n) is 24.5. The number of ketones is 3. The number of carbonyl (C=O) groups excluding carboxylic acids is 6. The molecule has 1 saturated heterocycles. The topological polar surface area (TPSA) is 233 Å². The van der Waals surface area contributed by atoms with Crippen LogP contribution in [-0.2, 0) is 52.5 Å². The van der Waals surface area contributed by atoms with E-state index in [1.807, 2.05) is 13.0 Å². The Hall–Kier alpha value is -3.34. The van der Waals surface area contributed by atoms with Gasteiger partial charge in [-0.25, -0.2) is 4.79 Å². The molecule has 2 aliphatic heterocycles. The number of aliphatic hydroxyl groups is 4. The average molecular weight is 937 g/mol. The minimum Gasteiger partial charge on any atom is -0.463 e. The van der Waals surface area contributed by atoms with Gasteiger partial charge in [0.05, 0.1) is 24.0 Å². The average Bonchev–Trinajstić information content (AvgIpc) is 3.98. The Labute approximate surface area is 393 Å². The van der Waals surface area contributed by atoms with Crippen LogP contribution < -0.4 is 0 Å². The fraction of sp³-hybridized carbons (Fsp3) is 0.804. The zero-order chi connectivity index (χ0) is 49.8. The molecule has 2 heterocycles. The van der Waals surface area contributed by atoms with E-state index in [-0.39, 0.29) is 17.9 Å². The SMILES string of the molecule is C/C=C\[C@H](C)[C@H]1O[C@]1(C)[C@@H](O)[C@H]1COC(=O)[C@H](O)[C@@H](OC)[C@H](C)C(=O)[C@H](C)[C@@H](OC(C)=O)/C(C)=C/[C@H](C)C(=O)C[C@H](O)[C@](O)(COC(=O)CCCCCCCCCCCCCCCC)C1=O. The van der Waals surface area contributed by atoms with E-state index in [1.54, 1.807) is 13.0 Å². The number of Topliss-reactive ketones (excluding diaryl/α,β-unsaturated/α-hetero) is 3. The fourth-order valence-electron chi connectivity index (χ4n) is 9.22. The van der Waals surface area contributed by atoms with Gasteiger partial charge in [0.25, 0.3) is 0 Å². The summed E-state index contributed by atoms with van der Waals surface area (Å²) in [4.78, 5) is 81.4. The molecule has 15 heteroatoms. The van der Waals surface area contributed by atoms with Gasteiger partial charge in [0.2, 0.25) is 0 Å². The second-order valence-electron chi connectivity index (χ2n) is 19.1. The molecule has 66 heavy (non-hydrogen) atoms. The Kier molecular flexibility index (Phi) is 25.7. The summed E-state index contributed by atoms with van der Waals surface area (Å²) in [6.45, 7) is 12.4. The molecule has 0 aliphatic carbocycles. The Bertz CT molecular complexity index is 1620. The molecule has 0 unspecified atom stereocenters. The van der Waals surface area contributed by atoms with Crippen LogP contribution in [0.3, 0.4) is 0 Å². The van der Waals surface area contributed by atoms with Crippen LogP contribution in [0, 0.1) is 29.6 Å². The van der Waals surface area contributed by atoms with Crippen LogP contribution in [0.5, 0.6) is 0 Å². The molecule has 0 saturated carbocycles. The summed E-state index contributed by atoms with van der Waals surface area (Å²) in [7, 11) is 1.17. The van der Waals surface area contributed by atoms with Gasteiger partial charge in [-0.3, -0.25) is 24.0 Å². The summed E-state index contributed by atoms with van der Waals surface area (Å²) in [5.74, 6) is -10.8. The third-order valence-corrected chi connectivity index (χ3v) is 13.6. The van der Waals surface area contributed by atoms with Crippen molar-refractivity contribution in [1.29, 1.82) is 0 Å². The van der Waals surface area contributed by atoms with E-state index in [0.717, 1.165) is 32.6 Å². The van der Waals surface area contributed by atoms with Gasteiger partial charge in [0.15, 0.2) is 17.5 Å². The van der Waals surface area contributed by atoms with Gasteiger partial charge < -0.3 is 44.1 Å². The predicted molar refractivity (Wildman–Crippen MR) is 248 cm³/mol. The van der Waals surface area contributed by atoms with Crippen molar-refractivity contribution in [3.8, 4) is 0 Å². The van der Waals surface area contributed by atoms with Crippen molar-refractivity contribution in [2.45, 2.75) is 213 Å². The zero-order valence-electron chi connectivity index (χ0n) is 41.6. The highest BCUT2D eigenvalue weighted by molar-refractivity contribution is 5.93. The number of cyclic esters (lactones) is 1. The van der Waals surface area contributed by atoms with Gasteiger partial charge in [-0.05, 0) is 32.8 Å². The highest BCUT2D eigenvalue weighted by Crippen LogP contribution is 2.47. The molecule has 0 bridgehead atoms. The summed E-state index contributed by atoms with van der Waals surface area (Å²) in [5.41, 5.74) is -4.17. The van der Waals surface area contributed by atoms with E-state index in [1.165, 1.54) is 106 Å². The fourth-order valence-corrected chi connectivity index (χ4v) is 9.22. The van der Waals surface area contributed by atoms with Crippen LogP contribution in [0.4, 0.5) is 0 Å². The van der Waals surface area contributed by atoms with Crippen molar-refractivity contribution >= 4 is 35.3 Å². The van der Waals surface area contributed by atoms with Crippen molar-refractivity contribution < 1.29 is 72.9 Å². The molecule has 0 aromatic carbocycles. The normalized spacial score (nSPS) is 32.5. The van der Waals surface area contributed by atoms with Crippen LogP contribution >= 0.6 is 0 Å². The third kappa shape index (κ3) is 17.3. The molecule has 378 valence electrons. The molecule has 0 spiro atoms. The Morgan fingerprint density at radius 2 is 1.45 bits per heavy atom. The standard InChI is InChI=1S/C51H84O15/c1-11-13-14-15-16-17-18-19-20-21-22-23-24-25-27-41(55)64-31-51(61)40(54)29-39(53)33(4)28-34(5)44(65-37(8)52)35(6)42(56)36(7)45(62-10)43(57)49(60)63-30-38(47(51)59)46(58)50(9)48(66-50)32(3)26-12-2/h12,26,28,32-33,35-36,38,40,43-46,48,54,57-58,61H,11,13-25,27,29-31H2,1-10H3/b26-12-,34-28+/t32-,33-,35-,36+,38+,40-,43+,44-,45-,46-,48+,50+,51+/m0/s1. The van der Waals surface area contributed by atoms with E-state index >= 15 is 0 Å². The number of rotatable bonds is 23. The molecular formula is C51H84O15. The Morgan fingerprint density at radius 3 is 1.97 bits per heavy atom. The number of hydrogen-bond donors (Lipinski definition) is 4. The lowest BCUT2D eigenvalue weighted by atomic mass is 9.76. The summed E-state index contributed by atoms with van der Waals surface area (Å²) in [5, 5.41) is 47.2. The molecule has 1 fully saturated rings. The third-order valence-electron chi connectivity index (χ3n) is 13.6. The maximum absolute atomic E-state index is 14.8. The number of ether oxygens (including phenoxy) is 5. The first-order chi connectivity index (χ1) is 31.1. The minimum atomic E-state index is -3.03. The van der Waals surface area contributed by atoms with Gasteiger partial charge in [0, 0.05) is 44.6 Å². The van der Waals surface area contributed by atoms with E-state index in [9.17, 15) is 49.2 Å². The number of esters is 3. The summed E-state index contributed by atoms with van der Waals surface area (Å²) < 4.78 is 27.8. The maximum Gasteiger partial charge on any atom is 0.337 e. The molecule has 15 nitrogen and oxygen atoms in total. The van der Waals surface area contributed by atoms with Crippen LogP contribution in [0.2, 0.25) is 0 Å². The van der Waals surface area contributed by atoms with Crippen molar-refractivity contribution in [1.82, 2.24) is 0 Å². The largest absolute Gasteiger partial charge is 0.463 e. The number of epoxide rings is 1. The number of unbranched alkanes of at least 4 members (excludes halogenated alkanes) is 13. The van der Waals surface area contributed by atoms with Gasteiger partial charge in [-0.2, -0.15) is 0 Å². The van der Waals surface area contributed by atoms with Crippen molar-refractivity contribution in [2.75, 3.05) is 20.3 Å². The van der Waals surface area contributed by atoms with Crippen LogP contribution in [0.1, 0.15) is 165 Å². The van der Waals surface area contributed by atoms with Crippen molar-refractivity contribution in [3.05, 3.63) is 23.8 Å². The number of allylic oxidation sites excluding steroid dienone is 2. The maximum atomic E-state index is 14.8. The van der Waals surface area contributed by atoms with Crippen LogP contribution in [-0.4, -0.2) is 124 Å². The number of carbonyl (C=O) groups is 6.